The number of carbonyl (C=O) groups is 1. The predicted molar refractivity (Wildman–Crippen MR) is 115 cm³/mol. The monoisotopic (exact) mass is 388 g/mol. The molecule has 1 N–H and O–H groups in total. The van der Waals surface area contributed by atoms with Crippen LogP contribution in [0.3, 0.4) is 0 Å². The molecule has 1 aromatic carbocycles. The van der Waals surface area contributed by atoms with E-state index >= 15 is 0 Å². The van der Waals surface area contributed by atoms with Crippen LogP contribution in [0.25, 0.3) is 0 Å². The lowest BCUT2D eigenvalue weighted by atomic mass is 10.2. The van der Waals surface area contributed by atoms with E-state index in [2.05, 4.69) is 52.9 Å². The molecule has 1 aromatic rings. The van der Waals surface area contributed by atoms with Crippen molar-refractivity contribution >= 4 is 17.3 Å². The van der Waals surface area contributed by atoms with Crippen LogP contribution in [0.4, 0.5) is 11.4 Å². The first kappa shape index (κ1) is 21.1. The number of amides is 1. The fraction of sp³-hybridized carbons (Fsp3) is 0.682. The number of benzene rings is 1. The first-order valence-electron chi connectivity index (χ1n) is 10.8. The summed E-state index contributed by atoms with van der Waals surface area (Å²) in [5.41, 5.74) is 2.06. The van der Waals surface area contributed by atoms with Crippen molar-refractivity contribution in [3.63, 3.8) is 0 Å². The van der Waals surface area contributed by atoms with Gasteiger partial charge < -0.3 is 15.0 Å². The van der Waals surface area contributed by atoms with Crippen LogP contribution < -0.4 is 10.2 Å². The highest BCUT2D eigenvalue weighted by Crippen LogP contribution is 2.20. The summed E-state index contributed by atoms with van der Waals surface area (Å²) in [5, 5.41) is 3.04. The van der Waals surface area contributed by atoms with Gasteiger partial charge in [-0.05, 0) is 57.9 Å². The summed E-state index contributed by atoms with van der Waals surface area (Å²) < 4.78 is 5.73. The van der Waals surface area contributed by atoms with Crippen LogP contribution in [0.5, 0.6) is 0 Å². The number of hydrogen-bond donors (Lipinski definition) is 1. The number of anilines is 2. The Bertz CT molecular complexity index is 605. The summed E-state index contributed by atoms with van der Waals surface area (Å²) in [6.45, 7) is 13.9. The van der Waals surface area contributed by atoms with Gasteiger partial charge in [-0.15, -0.1) is 0 Å². The average molecular weight is 389 g/mol. The van der Waals surface area contributed by atoms with Gasteiger partial charge in [-0.1, -0.05) is 0 Å². The molecule has 2 aliphatic rings. The molecule has 2 heterocycles. The van der Waals surface area contributed by atoms with E-state index in [1.165, 1.54) is 18.5 Å². The van der Waals surface area contributed by atoms with E-state index in [1.54, 1.807) is 0 Å². The quantitative estimate of drug-likeness (QED) is 0.742. The van der Waals surface area contributed by atoms with E-state index in [0.717, 1.165) is 51.6 Å². The molecule has 0 spiro atoms. The zero-order chi connectivity index (χ0) is 19.9. The maximum atomic E-state index is 12.4. The molecule has 0 radical (unpaired) electrons. The zero-order valence-electron chi connectivity index (χ0n) is 17.7. The minimum atomic E-state index is 0.0662. The highest BCUT2D eigenvalue weighted by molar-refractivity contribution is 5.92. The Morgan fingerprint density at radius 3 is 2.43 bits per heavy atom. The summed E-state index contributed by atoms with van der Waals surface area (Å²) in [6, 6.07) is 8.63. The third-order valence-electron chi connectivity index (χ3n) is 5.76. The van der Waals surface area contributed by atoms with Crippen molar-refractivity contribution in [2.45, 2.75) is 45.8 Å². The molecule has 0 bridgehead atoms. The van der Waals surface area contributed by atoms with Gasteiger partial charge in [0.15, 0.2) is 0 Å². The Morgan fingerprint density at radius 2 is 1.86 bits per heavy atom. The van der Waals surface area contributed by atoms with Crippen molar-refractivity contribution in [1.29, 1.82) is 0 Å². The summed E-state index contributed by atoms with van der Waals surface area (Å²) >= 11 is 0. The zero-order valence-corrected chi connectivity index (χ0v) is 17.7. The molecular weight excluding hydrogens is 352 g/mol. The minimum Gasteiger partial charge on any atom is -0.377 e. The SMILES string of the molecule is CCN(c1ccc(NC(=O)CN2CCN(CC3CCCO3)CC2)cc1)C(C)C. The van der Waals surface area contributed by atoms with E-state index in [-0.39, 0.29) is 5.91 Å². The molecule has 0 aliphatic carbocycles. The van der Waals surface area contributed by atoms with E-state index in [1.807, 2.05) is 12.1 Å². The molecule has 1 amide bonds. The summed E-state index contributed by atoms with van der Waals surface area (Å²) in [4.78, 5) is 19.5. The van der Waals surface area contributed by atoms with Gasteiger partial charge in [0.1, 0.15) is 0 Å². The second-order valence-corrected chi connectivity index (χ2v) is 8.19. The van der Waals surface area contributed by atoms with Crippen LogP contribution in [0.15, 0.2) is 24.3 Å². The van der Waals surface area contributed by atoms with Crippen LogP contribution in [0.1, 0.15) is 33.6 Å². The first-order valence-corrected chi connectivity index (χ1v) is 10.8. The van der Waals surface area contributed by atoms with Gasteiger partial charge in [0.05, 0.1) is 12.6 Å². The number of nitrogens with zero attached hydrogens (tertiary/aromatic N) is 3. The van der Waals surface area contributed by atoms with Crippen LogP contribution in [-0.4, -0.2) is 80.3 Å². The van der Waals surface area contributed by atoms with Gasteiger partial charge in [-0.2, -0.15) is 0 Å². The number of ether oxygens (including phenoxy) is 1. The molecule has 6 nitrogen and oxygen atoms in total. The highest BCUT2D eigenvalue weighted by atomic mass is 16.5. The van der Waals surface area contributed by atoms with E-state index in [0.29, 0.717) is 18.7 Å². The second-order valence-electron chi connectivity index (χ2n) is 8.19. The fourth-order valence-electron chi connectivity index (χ4n) is 4.19. The van der Waals surface area contributed by atoms with Crippen molar-refractivity contribution in [3.05, 3.63) is 24.3 Å². The van der Waals surface area contributed by atoms with Crippen LogP contribution >= 0.6 is 0 Å². The summed E-state index contributed by atoms with van der Waals surface area (Å²) in [6.07, 6.45) is 2.80. The number of piperazine rings is 1. The minimum absolute atomic E-state index is 0.0662. The molecule has 0 saturated carbocycles. The smallest absolute Gasteiger partial charge is 0.238 e. The Morgan fingerprint density at radius 1 is 1.18 bits per heavy atom. The molecule has 2 saturated heterocycles. The van der Waals surface area contributed by atoms with Gasteiger partial charge in [0.2, 0.25) is 5.91 Å². The molecular formula is C22H36N4O2. The fourth-order valence-corrected chi connectivity index (χ4v) is 4.19. The predicted octanol–water partition coefficient (Wildman–Crippen LogP) is 2.66. The lowest BCUT2D eigenvalue weighted by Crippen LogP contribution is -2.50. The molecule has 2 fully saturated rings. The van der Waals surface area contributed by atoms with Gasteiger partial charge in [0.25, 0.3) is 0 Å². The Labute approximate surface area is 169 Å². The van der Waals surface area contributed by atoms with Crippen molar-refractivity contribution in [2.75, 3.05) is 62.6 Å². The molecule has 28 heavy (non-hydrogen) atoms. The summed E-state index contributed by atoms with van der Waals surface area (Å²) in [7, 11) is 0. The van der Waals surface area contributed by atoms with Gasteiger partial charge >= 0.3 is 0 Å². The molecule has 3 rings (SSSR count). The lowest BCUT2D eigenvalue weighted by Gasteiger charge is -2.35. The molecule has 6 heteroatoms. The number of carbonyl (C=O) groups excluding carboxylic acids is 1. The Hall–Kier alpha value is -1.63. The van der Waals surface area contributed by atoms with E-state index in [9.17, 15) is 4.79 Å². The van der Waals surface area contributed by atoms with Gasteiger partial charge in [0, 0.05) is 63.3 Å². The van der Waals surface area contributed by atoms with Crippen LogP contribution in [0.2, 0.25) is 0 Å². The van der Waals surface area contributed by atoms with Crippen LogP contribution in [0, 0.1) is 0 Å². The molecule has 0 aromatic heterocycles. The standard InChI is InChI=1S/C22H36N4O2/c1-4-26(18(2)3)20-9-7-19(8-10-20)23-22(27)17-25-13-11-24(12-14-25)16-21-6-5-15-28-21/h7-10,18,21H,4-6,11-17H2,1-3H3,(H,23,27). The second kappa shape index (κ2) is 10.2. The normalized spacial score (nSPS) is 21.2. The lowest BCUT2D eigenvalue weighted by molar-refractivity contribution is -0.117. The van der Waals surface area contributed by atoms with Crippen LogP contribution in [-0.2, 0) is 9.53 Å². The number of nitrogens with one attached hydrogen (secondary N) is 1. The van der Waals surface area contributed by atoms with Gasteiger partial charge in [-0.3, -0.25) is 14.6 Å². The Balaban J connectivity index is 1.40. The number of hydrogen-bond acceptors (Lipinski definition) is 5. The molecule has 1 unspecified atom stereocenters. The third-order valence-corrected chi connectivity index (χ3v) is 5.76. The van der Waals surface area contributed by atoms with Crippen molar-refractivity contribution in [3.8, 4) is 0 Å². The molecule has 2 aliphatic heterocycles. The maximum Gasteiger partial charge on any atom is 0.238 e. The largest absolute Gasteiger partial charge is 0.377 e. The topological polar surface area (TPSA) is 48.1 Å². The average Bonchev–Trinajstić information content (AvgIpc) is 3.18. The molecule has 1 atom stereocenters. The van der Waals surface area contributed by atoms with Crippen molar-refractivity contribution in [2.24, 2.45) is 0 Å². The first-order chi connectivity index (χ1) is 13.5. The highest BCUT2D eigenvalue weighted by Gasteiger charge is 2.23. The third kappa shape index (κ3) is 5.93. The maximum absolute atomic E-state index is 12.4. The number of rotatable bonds is 8. The Kier molecular flexibility index (Phi) is 7.71. The van der Waals surface area contributed by atoms with Crippen molar-refractivity contribution in [1.82, 2.24) is 9.80 Å². The van der Waals surface area contributed by atoms with E-state index < -0.39 is 0 Å². The van der Waals surface area contributed by atoms with Crippen molar-refractivity contribution < 1.29 is 9.53 Å². The molecule has 156 valence electrons. The summed E-state index contributed by atoms with van der Waals surface area (Å²) in [5.74, 6) is 0.0662. The van der Waals surface area contributed by atoms with E-state index in [4.69, 9.17) is 4.74 Å². The van der Waals surface area contributed by atoms with Gasteiger partial charge in [-0.25, -0.2) is 0 Å².